The highest BCUT2D eigenvalue weighted by Crippen LogP contribution is 2.23. The maximum Gasteiger partial charge on any atom is 0.325 e. The second-order valence-corrected chi connectivity index (χ2v) is 5.35. The predicted octanol–water partition coefficient (Wildman–Crippen LogP) is 2.27. The van der Waals surface area contributed by atoms with Crippen molar-refractivity contribution in [3.8, 4) is 0 Å². The smallest absolute Gasteiger partial charge is 0.325 e. The standard InChI is InChI=1S/C14H21N3O3/c18-13(19)10-17-9-12(8-15-17)16-14(20)11-6-4-2-1-3-5-7-11/h8-9,11H,1-7,10H2,(H,16,20)(H,18,19). The van der Waals surface area contributed by atoms with Gasteiger partial charge in [0.2, 0.25) is 5.91 Å². The van der Waals surface area contributed by atoms with E-state index in [4.69, 9.17) is 5.11 Å². The Labute approximate surface area is 118 Å². The van der Waals surface area contributed by atoms with Gasteiger partial charge in [-0.05, 0) is 12.8 Å². The Morgan fingerprint density at radius 1 is 1.25 bits per heavy atom. The zero-order valence-electron chi connectivity index (χ0n) is 11.5. The van der Waals surface area contributed by atoms with E-state index in [1.165, 1.54) is 30.1 Å². The van der Waals surface area contributed by atoms with Gasteiger partial charge >= 0.3 is 5.97 Å². The Bertz CT molecular complexity index is 462. The van der Waals surface area contributed by atoms with Gasteiger partial charge in [-0.3, -0.25) is 14.3 Å². The van der Waals surface area contributed by atoms with E-state index in [1.54, 1.807) is 6.20 Å². The topological polar surface area (TPSA) is 84.2 Å². The number of carboxylic acids is 1. The molecule has 6 nitrogen and oxygen atoms in total. The van der Waals surface area contributed by atoms with Crippen molar-refractivity contribution in [1.82, 2.24) is 9.78 Å². The number of rotatable bonds is 4. The summed E-state index contributed by atoms with van der Waals surface area (Å²) in [6, 6.07) is 0. The number of aliphatic carboxylic acids is 1. The van der Waals surface area contributed by atoms with Crippen LogP contribution >= 0.6 is 0 Å². The Hall–Kier alpha value is -1.85. The van der Waals surface area contributed by atoms with Crippen molar-refractivity contribution < 1.29 is 14.7 Å². The van der Waals surface area contributed by atoms with Crippen LogP contribution in [0, 0.1) is 5.92 Å². The first-order valence-corrected chi connectivity index (χ1v) is 7.20. The van der Waals surface area contributed by atoms with Gasteiger partial charge in [-0.1, -0.05) is 32.1 Å². The number of carbonyl (C=O) groups excluding carboxylic acids is 1. The summed E-state index contributed by atoms with van der Waals surface area (Å²) in [4.78, 5) is 22.8. The van der Waals surface area contributed by atoms with E-state index in [0.29, 0.717) is 5.69 Å². The zero-order chi connectivity index (χ0) is 14.4. The summed E-state index contributed by atoms with van der Waals surface area (Å²) in [5.41, 5.74) is 0.568. The minimum Gasteiger partial charge on any atom is -0.480 e. The molecule has 0 aliphatic heterocycles. The third kappa shape index (κ3) is 4.36. The number of carboxylic acid groups (broad SMARTS) is 1. The van der Waals surface area contributed by atoms with Crippen LogP contribution in [-0.4, -0.2) is 26.8 Å². The van der Waals surface area contributed by atoms with Gasteiger partial charge in [0.15, 0.2) is 0 Å². The molecule has 1 aromatic rings. The number of nitrogens with zero attached hydrogens (tertiary/aromatic N) is 2. The Balaban J connectivity index is 1.89. The van der Waals surface area contributed by atoms with Crippen molar-refractivity contribution >= 4 is 17.6 Å². The van der Waals surface area contributed by atoms with Crippen LogP contribution in [0.2, 0.25) is 0 Å². The maximum absolute atomic E-state index is 12.2. The first-order valence-electron chi connectivity index (χ1n) is 7.20. The molecule has 0 aromatic carbocycles. The predicted molar refractivity (Wildman–Crippen MR) is 74.3 cm³/mol. The summed E-state index contributed by atoms with van der Waals surface area (Å²) < 4.78 is 1.30. The molecule has 1 aromatic heterocycles. The number of hydrogen-bond acceptors (Lipinski definition) is 3. The lowest BCUT2D eigenvalue weighted by atomic mass is 9.90. The summed E-state index contributed by atoms with van der Waals surface area (Å²) in [7, 11) is 0. The molecule has 1 saturated carbocycles. The summed E-state index contributed by atoms with van der Waals surface area (Å²) in [5.74, 6) is -0.856. The highest BCUT2D eigenvalue weighted by atomic mass is 16.4. The van der Waals surface area contributed by atoms with Crippen LogP contribution in [-0.2, 0) is 16.1 Å². The molecule has 0 spiro atoms. The van der Waals surface area contributed by atoms with E-state index >= 15 is 0 Å². The number of nitrogens with one attached hydrogen (secondary N) is 1. The van der Waals surface area contributed by atoms with Crippen LogP contribution in [0.25, 0.3) is 0 Å². The normalized spacial score (nSPS) is 17.2. The van der Waals surface area contributed by atoms with Crippen LogP contribution in [0.4, 0.5) is 5.69 Å². The van der Waals surface area contributed by atoms with Gasteiger partial charge in [0.05, 0.1) is 11.9 Å². The lowest BCUT2D eigenvalue weighted by Crippen LogP contribution is -2.23. The largest absolute Gasteiger partial charge is 0.480 e. The van der Waals surface area contributed by atoms with Crippen LogP contribution in [0.3, 0.4) is 0 Å². The van der Waals surface area contributed by atoms with Crippen LogP contribution in [0.5, 0.6) is 0 Å². The van der Waals surface area contributed by atoms with Gasteiger partial charge in [-0.25, -0.2) is 0 Å². The zero-order valence-corrected chi connectivity index (χ0v) is 11.5. The third-order valence-electron chi connectivity index (χ3n) is 3.67. The Morgan fingerprint density at radius 3 is 2.55 bits per heavy atom. The van der Waals surface area contributed by atoms with Crippen molar-refractivity contribution in [3.63, 3.8) is 0 Å². The van der Waals surface area contributed by atoms with E-state index in [-0.39, 0.29) is 18.4 Å². The fourth-order valence-corrected chi connectivity index (χ4v) is 2.62. The minimum atomic E-state index is -0.953. The SMILES string of the molecule is O=C(O)Cn1cc(NC(=O)C2CCCCCCC2)cn1. The molecule has 0 atom stereocenters. The van der Waals surface area contributed by atoms with Crippen LogP contribution < -0.4 is 5.32 Å². The average Bonchev–Trinajstić information content (AvgIpc) is 2.74. The summed E-state index contributed by atoms with van der Waals surface area (Å²) >= 11 is 0. The minimum absolute atomic E-state index is 0.0294. The number of aromatic nitrogens is 2. The molecule has 0 unspecified atom stereocenters. The number of carbonyl (C=O) groups is 2. The van der Waals surface area contributed by atoms with E-state index in [9.17, 15) is 9.59 Å². The Morgan fingerprint density at radius 2 is 1.90 bits per heavy atom. The number of hydrogen-bond donors (Lipinski definition) is 2. The molecule has 1 aliphatic rings. The molecule has 2 N–H and O–H groups in total. The lowest BCUT2D eigenvalue weighted by molar-refractivity contribution is -0.137. The maximum atomic E-state index is 12.2. The molecule has 20 heavy (non-hydrogen) atoms. The molecule has 110 valence electrons. The van der Waals surface area contributed by atoms with Crippen molar-refractivity contribution in [3.05, 3.63) is 12.4 Å². The highest BCUT2D eigenvalue weighted by molar-refractivity contribution is 5.92. The molecular formula is C14H21N3O3. The van der Waals surface area contributed by atoms with Crippen molar-refractivity contribution in [1.29, 1.82) is 0 Å². The number of amides is 1. The Kier molecular flexibility index (Phi) is 5.15. The van der Waals surface area contributed by atoms with Gasteiger partial charge in [0, 0.05) is 12.1 Å². The monoisotopic (exact) mass is 279 g/mol. The third-order valence-corrected chi connectivity index (χ3v) is 3.67. The van der Waals surface area contributed by atoms with Crippen LogP contribution in [0.1, 0.15) is 44.9 Å². The fraction of sp³-hybridized carbons (Fsp3) is 0.643. The fourth-order valence-electron chi connectivity index (χ4n) is 2.62. The molecule has 1 heterocycles. The first-order chi connectivity index (χ1) is 9.65. The van der Waals surface area contributed by atoms with Gasteiger partial charge in [0.1, 0.15) is 6.54 Å². The molecular weight excluding hydrogens is 258 g/mol. The second kappa shape index (κ2) is 7.07. The van der Waals surface area contributed by atoms with Crippen molar-refractivity contribution in [2.45, 2.75) is 51.5 Å². The van der Waals surface area contributed by atoms with Crippen LogP contribution in [0.15, 0.2) is 12.4 Å². The second-order valence-electron chi connectivity index (χ2n) is 5.35. The average molecular weight is 279 g/mol. The summed E-state index contributed by atoms with van der Waals surface area (Å²) in [6.45, 7) is -0.195. The quantitative estimate of drug-likeness (QED) is 0.885. The van der Waals surface area contributed by atoms with E-state index in [1.807, 2.05) is 0 Å². The molecule has 0 bridgehead atoms. The van der Waals surface area contributed by atoms with Gasteiger partial charge in [0.25, 0.3) is 0 Å². The van der Waals surface area contributed by atoms with Crippen molar-refractivity contribution in [2.24, 2.45) is 5.92 Å². The number of anilines is 1. The van der Waals surface area contributed by atoms with E-state index in [0.717, 1.165) is 25.7 Å². The molecule has 6 heteroatoms. The molecule has 0 saturated heterocycles. The molecule has 1 aliphatic carbocycles. The molecule has 0 radical (unpaired) electrons. The van der Waals surface area contributed by atoms with Gasteiger partial charge in [-0.2, -0.15) is 5.10 Å². The molecule has 1 fully saturated rings. The lowest BCUT2D eigenvalue weighted by Gasteiger charge is -2.18. The van der Waals surface area contributed by atoms with Gasteiger partial charge < -0.3 is 10.4 Å². The first kappa shape index (κ1) is 14.6. The van der Waals surface area contributed by atoms with Gasteiger partial charge in [-0.15, -0.1) is 0 Å². The summed E-state index contributed by atoms with van der Waals surface area (Å²) in [6.07, 6.45) is 10.8. The van der Waals surface area contributed by atoms with E-state index < -0.39 is 5.97 Å². The van der Waals surface area contributed by atoms with Crippen molar-refractivity contribution in [2.75, 3.05) is 5.32 Å². The molecule has 1 amide bonds. The highest BCUT2D eigenvalue weighted by Gasteiger charge is 2.19. The van der Waals surface area contributed by atoms with E-state index in [2.05, 4.69) is 10.4 Å². The molecule has 2 rings (SSSR count). The summed E-state index contributed by atoms with van der Waals surface area (Å²) in [5, 5.41) is 15.4.